The molecule has 0 amide bonds. The molecule has 0 radical (unpaired) electrons. The Morgan fingerprint density at radius 1 is 1.33 bits per heavy atom. The first-order chi connectivity index (χ1) is 7.33. The summed E-state index contributed by atoms with van der Waals surface area (Å²) in [5, 5.41) is 8.40. The van der Waals surface area contributed by atoms with Crippen LogP contribution in [-0.4, -0.2) is 0 Å². The minimum atomic E-state index is 0.630. The minimum Gasteiger partial charge on any atom is -0.198 e. The van der Waals surface area contributed by atoms with Gasteiger partial charge in [0.1, 0.15) is 0 Å². The Labute approximate surface area is 95.8 Å². The maximum atomic E-state index is 8.40. The fourth-order valence-corrected chi connectivity index (χ4v) is 2.05. The van der Waals surface area contributed by atoms with Gasteiger partial charge in [-0.25, -0.2) is 0 Å². The number of allylic oxidation sites excluding steroid dienone is 1. The summed E-state index contributed by atoms with van der Waals surface area (Å²) in [7, 11) is 0. The molecule has 0 aliphatic carbocycles. The Balaban J connectivity index is 2.20. The van der Waals surface area contributed by atoms with Gasteiger partial charge in [0.25, 0.3) is 0 Å². The number of thioether (sulfide) groups is 1. The third-order valence-corrected chi connectivity index (χ3v) is 3.12. The molecular formula is C13H15NS. The predicted octanol–water partition coefficient (Wildman–Crippen LogP) is 4.13. The number of unbranched alkanes of at least 4 members (excludes halogenated alkanes) is 1. The van der Waals surface area contributed by atoms with Gasteiger partial charge in [0.2, 0.25) is 0 Å². The van der Waals surface area contributed by atoms with Crippen molar-refractivity contribution in [3.05, 3.63) is 47.4 Å². The van der Waals surface area contributed by atoms with Gasteiger partial charge in [-0.1, -0.05) is 36.9 Å². The first-order valence-electron chi connectivity index (χ1n) is 5.04. The van der Waals surface area contributed by atoms with Crippen molar-refractivity contribution in [2.75, 3.05) is 0 Å². The second-order valence-electron chi connectivity index (χ2n) is 3.32. The highest BCUT2D eigenvalue weighted by Crippen LogP contribution is 2.23. The van der Waals surface area contributed by atoms with Crippen LogP contribution in [0.4, 0.5) is 0 Å². The van der Waals surface area contributed by atoms with Crippen LogP contribution >= 0.6 is 11.8 Å². The number of hydrogen-bond acceptors (Lipinski definition) is 2. The second kappa shape index (κ2) is 7.14. The lowest BCUT2D eigenvalue weighted by Gasteiger charge is -2.03. The summed E-state index contributed by atoms with van der Waals surface area (Å²) in [5.41, 5.74) is 1.32. The monoisotopic (exact) mass is 217 g/mol. The van der Waals surface area contributed by atoms with Gasteiger partial charge in [-0.15, -0.1) is 11.8 Å². The Morgan fingerprint density at radius 3 is 2.73 bits per heavy atom. The van der Waals surface area contributed by atoms with Crippen LogP contribution < -0.4 is 0 Å². The highest BCUT2D eigenvalue weighted by molar-refractivity contribution is 8.02. The molecule has 0 aliphatic heterocycles. The van der Waals surface area contributed by atoms with E-state index in [0.717, 1.165) is 18.6 Å². The lowest BCUT2D eigenvalue weighted by atomic mass is 10.2. The zero-order valence-electron chi connectivity index (χ0n) is 8.78. The molecule has 0 saturated carbocycles. The third-order valence-electron chi connectivity index (χ3n) is 2.03. The van der Waals surface area contributed by atoms with Crippen LogP contribution in [0.15, 0.2) is 41.8 Å². The average Bonchev–Trinajstić information content (AvgIpc) is 2.28. The molecule has 0 fully saturated rings. The molecule has 0 saturated heterocycles. The molecule has 0 atom stereocenters. The van der Waals surface area contributed by atoms with Gasteiger partial charge in [-0.3, -0.25) is 0 Å². The van der Waals surface area contributed by atoms with Crippen molar-refractivity contribution in [2.45, 2.75) is 25.0 Å². The first kappa shape index (κ1) is 11.9. The molecule has 15 heavy (non-hydrogen) atoms. The largest absolute Gasteiger partial charge is 0.198 e. The van der Waals surface area contributed by atoms with E-state index in [1.807, 2.05) is 18.2 Å². The van der Waals surface area contributed by atoms with Crippen LogP contribution in [0.3, 0.4) is 0 Å². The van der Waals surface area contributed by atoms with E-state index in [2.05, 4.69) is 24.8 Å². The summed E-state index contributed by atoms with van der Waals surface area (Å²) < 4.78 is 0. The molecule has 0 unspecified atom stereocenters. The van der Waals surface area contributed by atoms with Crippen molar-refractivity contribution in [1.82, 2.24) is 0 Å². The van der Waals surface area contributed by atoms with E-state index in [1.165, 1.54) is 10.5 Å². The number of nitriles is 1. The summed E-state index contributed by atoms with van der Waals surface area (Å²) in [4.78, 5) is 1.18. The fraction of sp³-hybridized carbons (Fsp3) is 0.308. The third kappa shape index (κ3) is 5.29. The van der Waals surface area contributed by atoms with E-state index >= 15 is 0 Å². The van der Waals surface area contributed by atoms with Gasteiger partial charge in [0.05, 0.1) is 6.07 Å². The Kier molecular flexibility index (Phi) is 5.65. The van der Waals surface area contributed by atoms with Crippen molar-refractivity contribution >= 4 is 11.8 Å². The Bertz CT molecular complexity index is 337. The summed E-state index contributed by atoms with van der Waals surface area (Å²) in [5.74, 6) is 0.978. The maximum Gasteiger partial charge on any atom is 0.0621 e. The van der Waals surface area contributed by atoms with Crippen LogP contribution in [0, 0.1) is 11.3 Å². The molecule has 0 N–H and O–H groups in total. The maximum absolute atomic E-state index is 8.40. The van der Waals surface area contributed by atoms with Gasteiger partial charge < -0.3 is 0 Å². The fourth-order valence-electron chi connectivity index (χ4n) is 1.20. The van der Waals surface area contributed by atoms with Crippen LogP contribution in [0.5, 0.6) is 0 Å². The van der Waals surface area contributed by atoms with Crippen LogP contribution in [0.2, 0.25) is 0 Å². The molecule has 0 spiro atoms. The normalized spacial score (nSPS) is 9.53. The minimum absolute atomic E-state index is 0.630. The van der Waals surface area contributed by atoms with Gasteiger partial charge in [-0.05, 0) is 23.3 Å². The zero-order chi connectivity index (χ0) is 10.9. The molecule has 0 aliphatic rings. The molecule has 1 rings (SSSR count). The Morgan fingerprint density at radius 2 is 2.07 bits per heavy atom. The lowest BCUT2D eigenvalue weighted by molar-refractivity contribution is 0.870. The quantitative estimate of drug-likeness (QED) is 0.669. The van der Waals surface area contributed by atoms with E-state index in [0.29, 0.717) is 6.42 Å². The van der Waals surface area contributed by atoms with Gasteiger partial charge >= 0.3 is 0 Å². The average molecular weight is 217 g/mol. The highest BCUT2D eigenvalue weighted by Gasteiger charge is 1.97. The van der Waals surface area contributed by atoms with Crippen molar-refractivity contribution in [3.63, 3.8) is 0 Å². The highest BCUT2D eigenvalue weighted by atomic mass is 32.2. The van der Waals surface area contributed by atoms with E-state index in [4.69, 9.17) is 5.26 Å². The van der Waals surface area contributed by atoms with Crippen LogP contribution in [0.25, 0.3) is 0 Å². The first-order valence-corrected chi connectivity index (χ1v) is 6.03. The number of benzene rings is 1. The second-order valence-corrected chi connectivity index (χ2v) is 4.48. The smallest absolute Gasteiger partial charge is 0.0621 e. The lowest BCUT2D eigenvalue weighted by Crippen LogP contribution is -1.81. The van der Waals surface area contributed by atoms with Crippen LogP contribution in [0.1, 0.15) is 24.8 Å². The van der Waals surface area contributed by atoms with E-state index in [9.17, 15) is 0 Å². The number of hydrogen-bond donors (Lipinski definition) is 0. The molecule has 1 nitrogen and oxygen atoms in total. The molecule has 1 aromatic rings. The molecule has 1 aromatic carbocycles. The van der Waals surface area contributed by atoms with E-state index < -0.39 is 0 Å². The van der Waals surface area contributed by atoms with E-state index in [-0.39, 0.29) is 0 Å². The Hall–Kier alpha value is -1.20. The SMILES string of the molecule is C=C(CCCC#N)SCc1ccccc1. The summed E-state index contributed by atoms with van der Waals surface area (Å²) in [6, 6.07) is 12.5. The van der Waals surface area contributed by atoms with E-state index in [1.54, 1.807) is 11.8 Å². The summed E-state index contributed by atoms with van der Waals surface area (Å²) >= 11 is 1.78. The van der Waals surface area contributed by atoms with Crippen molar-refractivity contribution < 1.29 is 0 Å². The van der Waals surface area contributed by atoms with Gasteiger partial charge in [0.15, 0.2) is 0 Å². The molecular weight excluding hydrogens is 202 g/mol. The molecule has 2 heteroatoms. The number of rotatable bonds is 6. The molecule has 0 bridgehead atoms. The molecule has 0 heterocycles. The van der Waals surface area contributed by atoms with Crippen molar-refractivity contribution in [2.24, 2.45) is 0 Å². The zero-order valence-corrected chi connectivity index (χ0v) is 9.59. The summed E-state index contributed by atoms with van der Waals surface area (Å²) in [6.07, 6.45) is 2.51. The molecule has 0 aromatic heterocycles. The van der Waals surface area contributed by atoms with Crippen molar-refractivity contribution in [1.29, 1.82) is 5.26 Å². The van der Waals surface area contributed by atoms with Crippen molar-refractivity contribution in [3.8, 4) is 6.07 Å². The van der Waals surface area contributed by atoms with Crippen LogP contribution in [-0.2, 0) is 5.75 Å². The topological polar surface area (TPSA) is 23.8 Å². The summed E-state index contributed by atoms with van der Waals surface area (Å²) in [6.45, 7) is 4.00. The predicted molar refractivity (Wildman–Crippen MR) is 66.3 cm³/mol. The number of nitrogens with zero attached hydrogens (tertiary/aromatic N) is 1. The van der Waals surface area contributed by atoms with Gasteiger partial charge in [0, 0.05) is 12.2 Å². The van der Waals surface area contributed by atoms with Gasteiger partial charge in [-0.2, -0.15) is 5.26 Å². The standard InChI is InChI=1S/C13H15NS/c1-12(7-5-6-10-14)15-11-13-8-3-2-4-9-13/h2-4,8-9H,1,5-7,11H2. The molecule has 78 valence electrons.